The monoisotopic (exact) mass is 741 g/mol. The van der Waals surface area contributed by atoms with Crippen molar-refractivity contribution >= 4 is 68.9 Å². The third kappa shape index (κ3) is 7.62. The third-order valence-corrected chi connectivity index (χ3v) is 10.5. The van der Waals surface area contributed by atoms with Gasteiger partial charge in [0.25, 0.3) is 5.78 Å². The molecule has 256 valence electrons. The maximum Gasteiger partial charge on any atom is 0.301 e. The number of rotatable bonds is 12. The fraction of sp³-hybridized carbons (Fsp3) is 0.314. The van der Waals surface area contributed by atoms with Crippen LogP contribution in [0.4, 0.5) is 5.13 Å². The van der Waals surface area contributed by atoms with E-state index in [9.17, 15) is 14.7 Å². The SMILES string of the molecule is CCOc1cc([C@H]2C(=C(O)c3ccc4c(c3)OCCO4)C(=O)C(=O)N2c2nnc(SCc3ccc(Cl)cc3Cl)s2)ccc1OCCC(C)C. The molecule has 1 fully saturated rings. The number of ketones is 1. The summed E-state index contributed by atoms with van der Waals surface area (Å²) >= 11 is 14.9. The number of carbonyl (C=O) groups excluding carboxylic acids is 2. The first kappa shape index (κ1) is 34.9. The van der Waals surface area contributed by atoms with Gasteiger partial charge < -0.3 is 24.1 Å². The molecule has 3 heterocycles. The van der Waals surface area contributed by atoms with Crippen molar-refractivity contribution in [3.63, 3.8) is 0 Å². The normalized spacial score (nSPS) is 16.8. The van der Waals surface area contributed by atoms with Gasteiger partial charge in [0.15, 0.2) is 27.3 Å². The molecule has 0 bridgehead atoms. The summed E-state index contributed by atoms with van der Waals surface area (Å²) in [6.07, 6.45) is 0.852. The van der Waals surface area contributed by atoms with Crippen molar-refractivity contribution in [2.45, 2.75) is 43.3 Å². The van der Waals surface area contributed by atoms with Gasteiger partial charge in [0.1, 0.15) is 19.0 Å². The number of ether oxygens (including phenoxy) is 4. The molecule has 1 atom stereocenters. The molecule has 14 heteroatoms. The number of aromatic nitrogens is 2. The molecular formula is C35H33Cl2N3O7S2. The fourth-order valence-electron chi connectivity index (χ4n) is 5.31. The molecule has 10 nitrogen and oxygen atoms in total. The zero-order valence-corrected chi connectivity index (χ0v) is 30.0. The van der Waals surface area contributed by atoms with Crippen LogP contribution in [0.15, 0.2) is 64.5 Å². The third-order valence-electron chi connectivity index (χ3n) is 7.76. The summed E-state index contributed by atoms with van der Waals surface area (Å²) < 4.78 is 23.9. The highest BCUT2D eigenvalue weighted by Gasteiger charge is 2.48. The van der Waals surface area contributed by atoms with Crippen molar-refractivity contribution in [2.75, 3.05) is 31.3 Å². The Hall–Kier alpha value is -3.97. The predicted molar refractivity (Wildman–Crippen MR) is 191 cm³/mol. The summed E-state index contributed by atoms with van der Waals surface area (Å²) in [7, 11) is 0. The van der Waals surface area contributed by atoms with E-state index in [1.54, 1.807) is 48.5 Å². The molecule has 2 aliphatic rings. The molecule has 1 N–H and O–H groups in total. The van der Waals surface area contributed by atoms with Crippen LogP contribution in [-0.4, -0.2) is 53.4 Å². The van der Waals surface area contributed by atoms with Crippen LogP contribution in [-0.2, 0) is 15.3 Å². The van der Waals surface area contributed by atoms with Crippen LogP contribution < -0.4 is 23.8 Å². The molecular weight excluding hydrogens is 709 g/mol. The van der Waals surface area contributed by atoms with Gasteiger partial charge in [-0.3, -0.25) is 14.5 Å². The van der Waals surface area contributed by atoms with Crippen LogP contribution in [0.1, 0.15) is 49.9 Å². The van der Waals surface area contributed by atoms with Gasteiger partial charge in [-0.1, -0.05) is 72.3 Å². The van der Waals surface area contributed by atoms with Crippen LogP contribution >= 0.6 is 46.3 Å². The minimum absolute atomic E-state index is 0.116. The first-order valence-electron chi connectivity index (χ1n) is 15.6. The molecule has 4 aromatic rings. The Labute approximate surface area is 301 Å². The van der Waals surface area contributed by atoms with Crippen molar-refractivity contribution < 1.29 is 33.6 Å². The summed E-state index contributed by atoms with van der Waals surface area (Å²) in [5.74, 6) is 0.766. The number of thioether (sulfide) groups is 1. The number of aliphatic hydroxyl groups is 1. The topological polar surface area (TPSA) is 120 Å². The minimum atomic E-state index is -1.06. The lowest BCUT2D eigenvalue weighted by molar-refractivity contribution is -0.132. The largest absolute Gasteiger partial charge is 0.507 e. The number of nitrogens with zero attached hydrogens (tertiary/aromatic N) is 3. The second-order valence-electron chi connectivity index (χ2n) is 11.6. The second-order valence-corrected chi connectivity index (χ2v) is 14.6. The molecule has 0 unspecified atom stereocenters. The molecule has 1 aromatic heterocycles. The number of benzene rings is 3. The molecule has 0 aliphatic carbocycles. The number of fused-ring (bicyclic) bond motifs is 1. The van der Waals surface area contributed by atoms with E-state index in [4.69, 9.17) is 42.1 Å². The van der Waals surface area contributed by atoms with Crippen LogP contribution in [0, 0.1) is 5.92 Å². The maximum atomic E-state index is 13.8. The van der Waals surface area contributed by atoms with Crippen LogP contribution in [0.5, 0.6) is 23.0 Å². The zero-order valence-electron chi connectivity index (χ0n) is 26.9. The molecule has 49 heavy (non-hydrogen) atoms. The van der Waals surface area contributed by atoms with Gasteiger partial charge in [-0.05, 0) is 72.9 Å². The van der Waals surface area contributed by atoms with Gasteiger partial charge in [0, 0.05) is 21.4 Å². The van der Waals surface area contributed by atoms with Crippen LogP contribution in [0.3, 0.4) is 0 Å². The highest BCUT2D eigenvalue weighted by atomic mass is 35.5. The lowest BCUT2D eigenvalue weighted by Gasteiger charge is -2.24. The van der Waals surface area contributed by atoms with E-state index >= 15 is 0 Å². The van der Waals surface area contributed by atoms with E-state index < -0.39 is 17.7 Å². The predicted octanol–water partition coefficient (Wildman–Crippen LogP) is 8.36. The van der Waals surface area contributed by atoms with Gasteiger partial charge in [0.05, 0.1) is 24.8 Å². The molecule has 2 aliphatic heterocycles. The van der Waals surface area contributed by atoms with Crippen molar-refractivity contribution in [3.8, 4) is 23.0 Å². The highest BCUT2D eigenvalue weighted by molar-refractivity contribution is 8.00. The number of amides is 1. The Morgan fingerprint density at radius 3 is 2.57 bits per heavy atom. The molecule has 6 rings (SSSR count). The lowest BCUT2D eigenvalue weighted by Crippen LogP contribution is -2.29. The van der Waals surface area contributed by atoms with E-state index in [1.807, 2.05) is 13.0 Å². The van der Waals surface area contributed by atoms with Gasteiger partial charge in [-0.25, -0.2) is 0 Å². The van der Waals surface area contributed by atoms with Crippen molar-refractivity contribution in [1.82, 2.24) is 10.2 Å². The summed E-state index contributed by atoms with van der Waals surface area (Å²) in [4.78, 5) is 29.0. The van der Waals surface area contributed by atoms with E-state index in [1.165, 1.54) is 16.7 Å². The standard InChI is InChI=1S/C35H33Cl2N3O7S2/c1-4-44-27-15-20(6-9-25(27)45-12-11-19(2)3)30-29(31(41)21-7-10-26-28(16-21)47-14-13-46-26)32(42)33(43)40(30)34-38-39-35(49-34)48-18-22-5-8-23(36)17-24(22)37/h5-10,15-17,19,30,41H,4,11-14,18H2,1-3H3/t30-/m0/s1. The number of hydrogen-bond donors (Lipinski definition) is 1. The minimum Gasteiger partial charge on any atom is -0.507 e. The van der Waals surface area contributed by atoms with Gasteiger partial charge in [-0.15, -0.1) is 10.2 Å². The van der Waals surface area contributed by atoms with Gasteiger partial charge in [0.2, 0.25) is 5.13 Å². The molecule has 0 radical (unpaired) electrons. The summed E-state index contributed by atoms with van der Waals surface area (Å²) in [5.41, 5.74) is 1.54. The molecule has 0 spiro atoms. The molecule has 3 aromatic carbocycles. The maximum absolute atomic E-state index is 13.8. The van der Waals surface area contributed by atoms with Crippen LogP contribution in [0.2, 0.25) is 10.0 Å². The summed E-state index contributed by atoms with van der Waals surface area (Å²) in [6, 6.07) is 14.3. The number of hydrogen-bond acceptors (Lipinski definition) is 11. The van der Waals surface area contributed by atoms with Gasteiger partial charge in [-0.2, -0.15) is 0 Å². The van der Waals surface area contributed by atoms with E-state index in [-0.39, 0.29) is 16.5 Å². The lowest BCUT2D eigenvalue weighted by atomic mass is 9.95. The quantitative estimate of drug-likeness (QED) is 0.0499. The molecule has 1 saturated heterocycles. The molecule has 0 saturated carbocycles. The van der Waals surface area contributed by atoms with E-state index in [0.29, 0.717) is 86.6 Å². The smallest absolute Gasteiger partial charge is 0.301 e. The Kier molecular flexibility index (Phi) is 10.9. The van der Waals surface area contributed by atoms with Crippen molar-refractivity contribution in [3.05, 3.63) is 86.9 Å². The van der Waals surface area contributed by atoms with Gasteiger partial charge >= 0.3 is 5.91 Å². The number of halogens is 2. The average Bonchev–Trinajstić information content (AvgIpc) is 3.65. The Morgan fingerprint density at radius 1 is 1.02 bits per heavy atom. The second kappa shape index (κ2) is 15.3. The number of anilines is 1. The highest BCUT2D eigenvalue weighted by Crippen LogP contribution is 2.46. The molecule has 1 amide bonds. The Balaban J connectivity index is 1.40. The number of carbonyl (C=O) groups is 2. The number of aliphatic hydroxyl groups excluding tert-OH is 1. The summed E-state index contributed by atoms with van der Waals surface area (Å²) in [5, 5.41) is 21.6. The van der Waals surface area contributed by atoms with Crippen LogP contribution in [0.25, 0.3) is 5.76 Å². The summed E-state index contributed by atoms with van der Waals surface area (Å²) in [6.45, 7) is 7.68. The fourth-order valence-corrected chi connectivity index (χ4v) is 7.74. The van der Waals surface area contributed by atoms with Crippen molar-refractivity contribution in [2.24, 2.45) is 5.92 Å². The Bertz CT molecular complexity index is 1920. The van der Waals surface area contributed by atoms with E-state index in [0.717, 1.165) is 23.3 Å². The van der Waals surface area contributed by atoms with Crippen molar-refractivity contribution in [1.29, 1.82) is 0 Å². The Morgan fingerprint density at radius 2 is 1.82 bits per heavy atom. The first-order valence-corrected chi connectivity index (χ1v) is 18.2. The van der Waals surface area contributed by atoms with E-state index in [2.05, 4.69) is 24.0 Å². The average molecular weight is 743 g/mol. The zero-order chi connectivity index (χ0) is 34.7. The number of Topliss-reactive ketones (excluding diaryl/α,β-unsaturated/α-hetero) is 1. The first-order chi connectivity index (χ1) is 23.6.